The first-order valence-electron chi connectivity index (χ1n) is 6.09. The number of hydrogen-bond acceptors (Lipinski definition) is 6. The summed E-state index contributed by atoms with van der Waals surface area (Å²) in [6.45, 7) is 2.30. The van der Waals surface area contributed by atoms with Crippen LogP contribution >= 0.6 is 0 Å². The van der Waals surface area contributed by atoms with Crippen molar-refractivity contribution in [2.75, 3.05) is 13.7 Å². The maximum Gasteiger partial charge on any atom is 0.423 e. The predicted octanol–water partition coefficient (Wildman–Crippen LogP) is 1.90. The second kappa shape index (κ2) is 6.58. The predicted molar refractivity (Wildman–Crippen MR) is 69.1 cm³/mol. The number of ether oxygens (including phenoxy) is 2. The van der Waals surface area contributed by atoms with Gasteiger partial charge in [-0.05, 0) is 0 Å². The van der Waals surface area contributed by atoms with Gasteiger partial charge in [-0.25, -0.2) is 14.4 Å². The van der Waals surface area contributed by atoms with E-state index in [0.717, 1.165) is 6.33 Å². The molecule has 0 saturated heterocycles. The first-order valence-corrected chi connectivity index (χ1v) is 6.09. The number of methoxy groups -OCH3 is 1. The smallest absolute Gasteiger partial charge is 0.423 e. The molecule has 0 radical (unpaired) electrons. The van der Waals surface area contributed by atoms with Gasteiger partial charge in [-0.1, -0.05) is 6.58 Å². The highest BCUT2D eigenvalue weighted by atomic mass is 19.4. The lowest BCUT2D eigenvalue weighted by molar-refractivity contribution is -0.170. The van der Waals surface area contributed by atoms with Crippen molar-refractivity contribution < 1.29 is 27.0 Å². The molecule has 0 bridgehead atoms. The normalized spacial score (nSPS) is 12.7. The molecule has 0 aliphatic heterocycles. The Balaban J connectivity index is 2.18. The summed E-state index contributed by atoms with van der Waals surface area (Å²) in [4.78, 5) is 11.4. The van der Waals surface area contributed by atoms with Gasteiger partial charge in [0, 0.05) is 5.57 Å². The Bertz CT molecular complexity index is 675. The van der Waals surface area contributed by atoms with Crippen LogP contribution in [0.3, 0.4) is 0 Å². The first-order chi connectivity index (χ1) is 10.8. The molecule has 124 valence electrons. The van der Waals surface area contributed by atoms with Crippen LogP contribution in [-0.4, -0.2) is 50.8 Å². The van der Waals surface area contributed by atoms with Crippen molar-refractivity contribution >= 4 is 0 Å². The van der Waals surface area contributed by atoms with Gasteiger partial charge in [0.15, 0.2) is 0 Å². The summed E-state index contributed by atoms with van der Waals surface area (Å²) >= 11 is 0. The zero-order valence-electron chi connectivity index (χ0n) is 11.8. The molecule has 0 N–H and O–H groups in total. The SMILES string of the molecule is C=C(COc1ncnc(-n2cncn2)c1OC)C(F)C(F)(F)F. The lowest BCUT2D eigenvalue weighted by Crippen LogP contribution is -2.28. The topological polar surface area (TPSA) is 75.0 Å². The van der Waals surface area contributed by atoms with Crippen molar-refractivity contribution in [2.45, 2.75) is 12.3 Å². The van der Waals surface area contributed by atoms with E-state index in [4.69, 9.17) is 9.47 Å². The van der Waals surface area contributed by atoms with Gasteiger partial charge < -0.3 is 9.47 Å². The van der Waals surface area contributed by atoms with Gasteiger partial charge in [-0.2, -0.15) is 27.9 Å². The van der Waals surface area contributed by atoms with E-state index >= 15 is 0 Å². The van der Waals surface area contributed by atoms with E-state index in [1.54, 1.807) is 0 Å². The van der Waals surface area contributed by atoms with Gasteiger partial charge in [0.25, 0.3) is 5.88 Å². The molecule has 2 aromatic heterocycles. The summed E-state index contributed by atoms with van der Waals surface area (Å²) in [6.07, 6.45) is -4.56. The van der Waals surface area contributed by atoms with Crippen LogP contribution in [0.25, 0.3) is 5.82 Å². The molecule has 2 heterocycles. The van der Waals surface area contributed by atoms with Crippen LogP contribution in [-0.2, 0) is 0 Å². The van der Waals surface area contributed by atoms with Crippen molar-refractivity contribution in [2.24, 2.45) is 0 Å². The molecular weight excluding hydrogens is 322 g/mol. The molecule has 2 rings (SSSR count). The van der Waals surface area contributed by atoms with Crippen LogP contribution in [0.4, 0.5) is 17.6 Å². The van der Waals surface area contributed by atoms with Gasteiger partial charge in [0.2, 0.25) is 17.7 Å². The summed E-state index contributed by atoms with van der Waals surface area (Å²) in [5, 5.41) is 3.85. The molecule has 0 aliphatic rings. The average Bonchev–Trinajstić information content (AvgIpc) is 3.04. The number of nitrogens with zero attached hydrogens (tertiary/aromatic N) is 5. The van der Waals surface area contributed by atoms with Crippen LogP contribution in [0.15, 0.2) is 31.1 Å². The van der Waals surface area contributed by atoms with E-state index in [-0.39, 0.29) is 17.4 Å². The minimum Gasteiger partial charge on any atom is -0.489 e. The molecule has 1 unspecified atom stereocenters. The fourth-order valence-electron chi connectivity index (χ4n) is 1.58. The lowest BCUT2D eigenvalue weighted by atomic mass is 10.2. The van der Waals surface area contributed by atoms with Gasteiger partial charge in [-0.3, -0.25) is 0 Å². The molecule has 0 aromatic carbocycles. The fraction of sp³-hybridized carbons (Fsp3) is 0.333. The van der Waals surface area contributed by atoms with E-state index < -0.39 is 24.5 Å². The third-order valence-electron chi connectivity index (χ3n) is 2.63. The van der Waals surface area contributed by atoms with Crippen LogP contribution in [0.1, 0.15) is 0 Å². The molecule has 2 aromatic rings. The van der Waals surface area contributed by atoms with Gasteiger partial charge in [-0.15, -0.1) is 0 Å². The third kappa shape index (κ3) is 3.73. The summed E-state index contributed by atoms with van der Waals surface area (Å²) in [7, 11) is 1.29. The maximum atomic E-state index is 13.1. The number of alkyl halides is 4. The number of aromatic nitrogens is 5. The van der Waals surface area contributed by atoms with E-state index in [2.05, 4.69) is 26.6 Å². The Morgan fingerprint density at radius 3 is 2.65 bits per heavy atom. The molecule has 23 heavy (non-hydrogen) atoms. The second-order valence-electron chi connectivity index (χ2n) is 4.23. The lowest BCUT2D eigenvalue weighted by Gasteiger charge is -2.16. The number of rotatable bonds is 6. The van der Waals surface area contributed by atoms with Crippen LogP contribution in [0.5, 0.6) is 11.6 Å². The van der Waals surface area contributed by atoms with Gasteiger partial charge >= 0.3 is 6.18 Å². The van der Waals surface area contributed by atoms with Crippen LogP contribution in [0.2, 0.25) is 0 Å². The molecule has 0 spiro atoms. The molecule has 0 fully saturated rings. The highest BCUT2D eigenvalue weighted by molar-refractivity contribution is 5.46. The average molecular weight is 333 g/mol. The molecular formula is C12H11F4N5O2. The Morgan fingerprint density at radius 1 is 1.35 bits per heavy atom. The quantitative estimate of drug-likeness (QED) is 0.594. The minimum absolute atomic E-state index is 0.00761. The van der Waals surface area contributed by atoms with E-state index in [1.807, 2.05) is 0 Å². The van der Waals surface area contributed by atoms with Crippen molar-refractivity contribution in [3.63, 3.8) is 0 Å². The van der Waals surface area contributed by atoms with Crippen molar-refractivity contribution in [3.05, 3.63) is 31.1 Å². The Hall–Kier alpha value is -2.72. The maximum absolute atomic E-state index is 13.1. The summed E-state index contributed by atoms with van der Waals surface area (Å²) < 4.78 is 61.3. The van der Waals surface area contributed by atoms with Crippen molar-refractivity contribution in [1.29, 1.82) is 0 Å². The molecule has 0 amide bonds. The fourth-order valence-corrected chi connectivity index (χ4v) is 1.58. The largest absolute Gasteiger partial charge is 0.489 e. The molecule has 0 aliphatic carbocycles. The second-order valence-corrected chi connectivity index (χ2v) is 4.23. The Labute approximate surface area is 127 Å². The Morgan fingerprint density at radius 2 is 2.09 bits per heavy atom. The zero-order chi connectivity index (χ0) is 17.0. The molecule has 11 heteroatoms. The monoisotopic (exact) mass is 333 g/mol. The number of hydrogen-bond donors (Lipinski definition) is 0. The summed E-state index contributed by atoms with van der Waals surface area (Å²) in [5.74, 6) is -0.00928. The van der Waals surface area contributed by atoms with Crippen LogP contribution < -0.4 is 9.47 Å². The highest BCUT2D eigenvalue weighted by Crippen LogP contribution is 2.31. The minimum atomic E-state index is -5.04. The zero-order valence-corrected chi connectivity index (χ0v) is 11.8. The summed E-state index contributed by atoms with van der Waals surface area (Å²) in [6, 6.07) is 0. The summed E-state index contributed by atoms with van der Waals surface area (Å²) in [5.41, 5.74) is -0.791. The Kier molecular flexibility index (Phi) is 4.77. The molecule has 1 atom stereocenters. The van der Waals surface area contributed by atoms with Crippen molar-refractivity contribution in [1.82, 2.24) is 24.7 Å². The third-order valence-corrected chi connectivity index (χ3v) is 2.63. The van der Waals surface area contributed by atoms with E-state index in [9.17, 15) is 17.6 Å². The first kappa shape index (κ1) is 16.6. The van der Waals surface area contributed by atoms with Gasteiger partial charge in [0.05, 0.1) is 7.11 Å². The molecule has 7 nitrogen and oxygen atoms in total. The van der Waals surface area contributed by atoms with Crippen molar-refractivity contribution in [3.8, 4) is 17.4 Å². The standard InChI is InChI=1S/C12H11F4N5O2/c1-7(9(13)12(14,15)16)3-23-11-8(22-2)10(18-5-19-11)21-6-17-4-20-21/h4-6,9H,1,3H2,2H3. The van der Waals surface area contributed by atoms with E-state index in [1.165, 1.54) is 24.4 Å². The number of halogens is 4. The van der Waals surface area contributed by atoms with Gasteiger partial charge in [0.1, 0.15) is 25.6 Å². The van der Waals surface area contributed by atoms with E-state index in [0.29, 0.717) is 0 Å². The van der Waals surface area contributed by atoms with Crippen LogP contribution in [0, 0.1) is 0 Å². The molecule has 0 saturated carbocycles. The highest BCUT2D eigenvalue weighted by Gasteiger charge is 2.42.